The molecule has 6 atom stereocenters. The Bertz CT molecular complexity index is 475. The standard InChI is InChI=1S/C17H25NO3/c1-10-9-14(21-17(10)19)16-11(2)15-12-5-3-7-18(12)8-4-6-13(15)20-16/h9,11-16H,3-8H2,1-2H3/t11-,12-,13+,14+,15+,16-/m0/s1. The molecule has 0 aromatic carbocycles. The first kappa shape index (κ1) is 13.8. The van der Waals surface area contributed by atoms with Crippen molar-refractivity contribution in [2.75, 3.05) is 13.1 Å². The van der Waals surface area contributed by atoms with Gasteiger partial charge in [-0.3, -0.25) is 4.90 Å². The molecule has 0 aromatic heterocycles. The fourth-order valence-corrected chi connectivity index (χ4v) is 5.00. The Morgan fingerprint density at radius 2 is 2.00 bits per heavy atom. The summed E-state index contributed by atoms with van der Waals surface area (Å²) in [4.78, 5) is 14.3. The molecular weight excluding hydrogens is 266 g/mol. The van der Waals surface area contributed by atoms with Crippen LogP contribution in [0.5, 0.6) is 0 Å². The first-order chi connectivity index (χ1) is 10.1. The van der Waals surface area contributed by atoms with Gasteiger partial charge in [-0.15, -0.1) is 0 Å². The highest BCUT2D eigenvalue weighted by Gasteiger charge is 2.52. The molecular formula is C17H25NO3. The molecule has 116 valence electrons. The minimum atomic E-state index is -0.176. The van der Waals surface area contributed by atoms with E-state index in [2.05, 4.69) is 11.8 Å². The highest BCUT2D eigenvalue weighted by Crippen LogP contribution is 2.45. The van der Waals surface area contributed by atoms with Gasteiger partial charge in [-0.2, -0.15) is 0 Å². The monoisotopic (exact) mass is 291 g/mol. The summed E-state index contributed by atoms with van der Waals surface area (Å²) in [7, 11) is 0. The first-order valence-corrected chi connectivity index (χ1v) is 8.44. The molecule has 0 bridgehead atoms. The smallest absolute Gasteiger partial charge is 0.334 e. The van der Waals surface area contributed by atoms with E-state index >= 15 is 0 Å². The number of hydrogen-bond donors (Lipinski definition) is 0. The summed E-state index contributed by atoms with van der Waals surface area (Å²) in [5.41, 5.74) is 0.727. The van der Waals surface area contributed by atoms with Crippen molar-refractivity contribution in [2.45, 2.75) is 63.9 Å². The lowest BCUT2D eigenvalue weighted by molar-refractivity contribution is -0.146. The minimum Gasteiger partial charge on any atom is -0.452 e. The molecule has 0 radical (unpaired) electrons. The van der Waals surface area contributed by atoms with Gasteiger partial charge in [-0.25, -0.2) is 4.79 Å². The van der Waals surface area contributed by atoms with Gasteiger partial charge in [0.2, 0.25) is 0 Å². The quantitative estimate of drug-likeness (QED) is 0.694. The molecule has 4 heteroatoms. The molecule has 4 nitrogen and oxygen atoms in total. The molecule has 0 spiro atoms. The van der Waals surface area contributed by atoms with Crippen LogP contribution in [0.2, 0.25) is 0 Å². The summed E-state index contributed by atoms with van der Waals surface area (Å²) >= 11 is 0. The van der Waals surface area contributed by atoms with Gasteiger partial charge < -0.3 is 9.47 Å². The fraction of sp³-hybridized carbons (Fsp3) is 0.824. The van der Waals surface area contributed by atoms with Crippen molar-refractivity contribution in [3.8, 4) is 0 Å². The number of carbonyl (C=O) groups is 1. The van der Waals surface area contributed by atoms with Crippen molar-refractivity contribution < 1.29 is 14.3 Å². The van der Waals surface area contributed by atoms with Crippen LogP contribution in [0.4, 0.5) is 0 Å². The number of nitrogens with zero attached hydrogens (tertiary/aromatic N) is 1. The lowest BCUT2D eigenvalue weighted by atomic mass is 9.80. The van der Waals surface area contributed by atoms with Gasteiger partial charge in [0, 0.05) is 17.5 Å². The maximum absolute atomic E-state index is 11.6. The number of carbonyl (C=O) groups excluding carboxylic acids is 1. The number of cyclic esters (lactones) is 1. The third-order valence-corrected chi connectivity index (χ3v) is 5.98. The zero-order valence-electron chi connectivity index (χ0n) is 13.0. The van der Waals surface area contributed by atoms with Crippen LogP contribution in [0.1, 0.15) is 39.5 Å². The normalized spacial score (nSPS) is 46.8. The van der Waals surface area contributed by atoms with E-state index in [9.17, 15) is 4.79 Å². The van der Waals surface area contributed by atoms with E-state index in [4.69, 9.17) is 9.47 Å². The van der Waals surface area contributed by atoms with Crippen LogP contribution >= 0.6 is 0 Å². The van der Waals surface area contributed by atoms with Gasteiger partial charge in [0.15, 0.2) is 0 Å². The van der Waals surface area contributed by atoms with Crippen LogP contribution in [0, 0.1) is 11.8 Å². The van der Waals surface area contributed by atoms with E-state index in [0.717, 1.165) is 12.0 Å². The molecule has 4 heterocycles. The average molecular weight is 291 g/mol. The Hall–Kier alpha value is -0.870. The summed E-state index contributed by atoms with van der Waals surface area (Å²) < 4.78 is 11.9. The summed E-state index contributed by atoms with van der Waals surface area (Å²) in [6.07, 6.45) is 7.20. The molecule has 3 fully saturated rings. The number of rotatable bonds is 1. The van der Waals surface area contributed by atoms with Crippen LogP contribution in [0.15, 0.2) is 11.6 Å². The second-order valence-electron chi connectivity index (χ2n) is 7.18. The maximum Gasteiger partial charge on any atom is 0.334 e. The summed E-state index contributed by atoms with van der Waals surface area (Å²) in [6, 6.07) is 0.680. The Balaban J connectivity index is 1.57. The molecule has 0 amide bonds. The van der Waals surface area contributed by atoms with E-state index in [-0.39, 0.29) is 18.2 Å². The fourth-order valence-electron chi connectivity index (χ4n) is 5.00. The highest BCUT2D eigenvalue weighted by molar-refractivity contribution is 5.90. The lowest BCUT2D eigenvalue weighted by Gasteiger charge is -2.31. The van der Waals surface area contributed by atoms with Gasteiger partial charge >= 0.3 is 5.97 Å². The number of ether oxygens (including phenoxy) is 2. The van der Waals surface area contributed by atoms with Gasteiger partial charge in [-0.05, 0) is 57.7 Å². The summed E-state index contributed by atoms with van der Waals surface area (Å²) in [6.45, 7) is 6.61. The number of fused-ring (bicyclic) bond motifs is 3. The van der Waals surface area contributed by atoms with Crippen molar-refractivity contribution in [2.24, 2.45) is 11.8 Å². The van der Waals surface area contributed by atoms with Crippen LogP contribution in [0.25, 0.3) is 0 Å². The molecule has 3 saturated heterocycles. The van der Waals surface area contributed by atoms with E-state index < -0.39 is 0 Å². The highest BCUT2D eigenvalue weighted by atomic mass is 16.6. The molecule has 4 aliphatic heterocycles. The topological polar surface area (TPSA) is 38.8 Å². The lowest BCUT2D eigenvalue weighted by Crippen LogP contribution is -2.40. The minimum absolute atomic E-state index is 0.0435. The summed E-state index contributed by atoms with van der Waals surface area (Å²) in [5.74, 6) is 0.886. The zero-order valence-corrected chi connectivity index (χ0v) is 13.0. The number of hydrogen-bond acceptors (Lipinski definition) is 4. The SMILES string of the molecule is CC1=C[C@H]([C@H]2O[C@@H]3CCCN4CCC[C@H]4[C@H]3[C@@H]2C)OC1=O. The molecule has 4 aliphatic rings. The van der Waals surface area contributed by atoms with E-state index in [1.54, 1.807) is 0 Å². The summed E-state index contributed by atoms with van der Waals surface area (Å²) in [5, 5.41) is 0. The predicted molar refractivity (Wildman–Crippen MR) is 78.8 cm³/mol. The zero-order chi connectivity index (χ0) is 14.6. The van der Waals surface area contributed by atoms with Crippen molar-refractivity contribution >= 4 is 5.97 Å². The third kappa shape index (κ3) is 2.15. The van der Waals surface area contributed by atoms with Crippen LogP contribution < -0.4 is 0 Å². The first-order valence-electron chi connectivity index (χ1n) is 8.44. The van der Waals surface area contributed by atoms with E-state index in [1.165, 1.54) is 32.4 Å². The average Bonchev–Trinajstić information content (AvgIpc) is 3.08. The third-order valence-electron chi connectivity index (χ3n) is 5.98. The second kappa shape index (κ2) is 5.10. The molecule has 0 aliphatic carbocycles. The largest absolute Gasteiger partial charge is 0.452 e. The van der Waals surface area contributed by atoms with Crippen molar-refractivity contribution in [3.05, 3.63) is 11.6 Å². The Morgan fingerprint density at radius 1 is 1.24 bits per heavy atom. The van der Waals surface area contributed by atoms with Gasteiger partial charge in [0.1, 0.15) is 12.2 Å². The molecule has 0 unspecified atom stereocenters. The van der Waals surface area contributed by atoms with Gasteiger partial charge in [0.25, 0.3) is 0 Å². The van der Waals surface area contributed by atoms with Crippen molar-refractivity contribution in [1.82, 2.24) is 4.90 Å². The van der Waals surface area contributed by atoms with Crippen molar-refractivity contribution in [3.63, 3.8) is 0 Å². The molecule has 0 N–H and O–H groups in total. The van der Waals surface area contributed by atoms with Crippen molar-refractivity contribution in [1.29, 1.82) is 0 Å². The Labute approximate surface area is 126 Å². The molecule has 4 rings (SSSR count). The van der Waals surface area contributed by atoms with Crippen LogP contribution in [-0.2, 0) is 14.3 Å². The Morgan fingerprint density at radius 3 is 2.71 bits per heavy atom. The number of esters is 1. The maximum atomic E-state index is 11.6. The van der Waals surface area contributed by atoms with Gasteiger partial charge in [-0.1, -0.05) is 6.92 Å². The Kier molecular flexibility index (Phi) is 3.34. The van der Waals surface area contributed by atoms with E-state index in [0.29, 0.717) is 24.0 Å². The van der Waals surface area contributed by atoms with Crippen LogP contribution in [-0.4, -0.2) is 48.3 Å². The van der Waals surface area contributed by atoms with Crippen LogP contribution in [0.3, 0.4) is 0 Å². The molecule has 21 heavy (non-hydrogen) atoms. The predicted octanol–water partition coefficient (Wildman–Crippen LogP) is 2.14. The molecule has 0 saturated carbocycles. The second-order valence-corrected chi connectivity index (χ2v) is 7.18. The molecule has 0 aromatic rings. The van der Waals surface area contributed by atoms with Gasteiger partial charge in [0.05, 0.1) is 6.10 Å². The van der Waals surface area contributed by atoms with E-state index in [1.807, 2.05) is 13.0 Å².